The number of carbonyl (C=O) groups excluding carboxylic acids is 1. The fourth-order valence-electron chi connectivity index (χ4n) is 2.71. The predicted octanol–water partition coefficient (Wildman–Crippen LogP) is 2.96. The maximum atomic E-state index is 12.4. The van der Waals surface area contributed by atoms with Crippen LogP contribution in [0.25, 0.3) is 0 Å². The average molecular weight is 343 g/mol. The van der Waals surface area contributed by atoms with Crippen molar-refractivity contribution in [3.8, 4) is 23.0 Å². The number of nitrogens with one attached hydrogen (secondary N) is 1. The Balaban J connectivity index is 1.72. The summed E-state index contributed by atoms with van der Waals surface area (Å²) >= 11 is 0. The Morgan fingerprint density at radius 1 is 1.04 bits per heavy atom. The van der Waals surface area contributed by atoms with Gasteiger partial charge in [-0.3, -0.25) is 4.79 Å². The van der Waals surface area contributed by atoms with Crippen molar-refractivity contribution in [1.82, 2.24) is 0 Å². The molecule has 1 heterocycles. The highest BCUT2D eigenvalue weighted by Crippen LogP contribution is 2.33. The SMILES string of the molecule is COc1cc(C)c(CC(=O)Nc2ccc3c(c2)OCCO3)cc1OC. The third kappa shape index (κ3) is 3.79. The van der Waals surface area contributed by atoms with Crippen molar-refractivity contribution in [3.05, 3.63) is 41.5 Å². The van der Waals surface area contributed by atoms with Gasteiger partial charge in [0.2, 0.25) is 5.91 Å². The Morgan fingerprint density at radius 2 is 1.72 bits per heavy atom. The number of methoxy groups -OCH3 is 2. The lowest BCUT2D eigenvalue weighted by atomic mass is 10.0. The summed E-state index contributed by atoms with van der Waals surface area (Å²) in [7, 11) is 3.16. The Morgan fingerprint density at radius 3 is 2.44 bits per heavy atom. The van der Waals surface area contributed by atoms with E-state index in [9.17, 15) is 4.79 Å². The summed E-state index contributed by atoms with van der Waals surface area (Å²) in [5.41, 5.74) is 2.52. The van der Waals surface area contributed by atoms with Crippen LogP contribution >= 0.6 is 0 Å². The van der Waals surface area contributed by atoms with Crippen molar-refractivity contribution in [2.75, 3.05) is 32.8 Å². The molecule has 0 saturated carbocycles. The fraction of sp³-hybridized carbons (Fsp3) is 0.316. The molecule has 1 amide bonds. The summed E-state index contributed by atoms with van der Waals surface area (Å²) in [6, 6.07) is 9.07. The van der Waals surface area contributed by atoms with Crippen LogP contribution in [0.3, 0.4) is 0 Å². The maximum absolute atomic E-state index is 12.4. The second-order valence-corrected chi connectivity index (χ2v) is 5.72. The highest BCUT2D eigenvalue weighted by Gasteiger charge is 2.15. The number of anilines is 1. The zero-order valence-electron chi connectivity index (χ0n) is 14.5. The second-order valence-electron chi connectivity index (χ2n) is 5.72. The number of hydrogen-bond acceptors (Lipinski definition) is 5. The average Bonchev–Trinajstić information content (AvgIpc) is 2.62. The van der Waals surface area contributed by atoms with E-state index in [2.05, 4.69) is 5.32 Å². The molecule has 0 bridgehead atoms. The molecular weight excluding hydrogens is 322 g/mol. The molecule has 2 aromatic carbocycles. The van der Waals surface area contributed by atoms with Crippen molar-refractivity contribution in [2.24, 2.45) is 0 Å². The minimum absolute atomic E-state index is 0.119. The van der Waals surface area contributed by atoms with Gasteiger partial charge in [0.1, 0.15) is 13.2 Å². The molecule has 0 aromatic heterocycles. The van der Waals surface area contributed by atoms with Gasteiger partial charge in [0.15, 0.2) is 23.0 Å². The third-order valence-corrected chi connectivity index (χ3v) is 4.02. The molecule has 3 rings (SSSR count). The van der Waals surface area contributed by atoms with E-state index >= 15 is 0 Å². The molecule has 6 heteroatoms. The number of ether oxygens (including phenoxy) is 4. The quantitative estimate of drug-likeness (QED) is 0.904. The molecule has 0 fully saturated rings. The highest BCUT2D eigenvalue weighted by atomic mass is 16.6. The molecule has 2 aromatic rings. The van der Waals surface area contributed by atoms with Crippen LogP contribution in [0.15, 0.2) is 30.3 Å². The summed E-state index contributed by atoms with van der Waals surface area (Å²) in [6.45, 7) is 2.99. The van der Waals surface area contributed by atoms with Crippen LogP contribution in [-0.2, 0) is 11.2 Å². The smallest absolute Gasteiger partial charge is 0.228 e. The molecule has 1 aliphatic heterocycles. The van der Waals surface area contributed by atoms with Crippen LogP contribution < -0.4 is 24.3 Å². The van der Waals surface area contributed by atoms with Crippen LogP contribution in [0.5, 0.6) is 23.0 Å². The Hall–Kier alpha value is -2.89. The first-order valence-electron chi connectivity index (χ1n) is 8.01. The Labute approximate surface area is 146 Å². The third-order valence-electron chi connectivity index (χ3n) is 4.02. The monoisotopic (exact) mass is 343 g/mol. The molecule has 0 saturated heterocycles. The molecule has 25 heavy (non-hydrogen) atoms. The van der Waals surface area contributed by atoms with E-state index in [0.717, 1.165) is 11.1 Å². The second kappa shape index (κ2) is 7.34. The number of fused-ring (bicyclic) bond motifs is 1. The molecule has 0 aliphatic carbocycles. The molecule has 0 unspecified atom stereocenters. The maximum Gasteiger partial charge on any atom is 0.228 e. The standard InChI is InChI=1S/C19H21NO5/c1-12-8-16(22-2)17(23-3)9-13(12)10-19(21)20-14-4-5-15-18(11-14)25-7-6-24-15/h4-5,8-9,11H,6-7,10H2,1-3H3,(H,20,21). The van der Waals surface area contributed by atoms with E-state index in [0.29, 0.717) is 41.9 Å². The van der Waals surface area contributed by atoms with Gasteiger partial charge < -0.3 is 24.3 Å². The van der Waals surface area contributed by atoms with Crippen LogP contribution in [0.1, 0.15) is 11.1 Å². The van der Waals surface area contributed by atoms with Gasteiger partial charge in [0, 0.05) is 11.8 Å². The summed E-state index contributed by atoms with van der Waals surface area (Å²) < 4.78 is 21.6. The largest absolute Gasteiger partial charge is 0.493 e. The lowest BCUT2D eigenvalue weighted by Crippen LogP contribution is -2.17. The van der Waals surface area contributed by atoms with Crippen molar-refractivity contribution >= 4 is 11.6 Å². The first kappa shape index (κ1) is 17.0. The fourth-order valence-corrected chi connectivity index (χ4v) is 2.71. The van der Waals surface area contributed by atoms with Gasteiger partial charge in [-0.15, -0.1) is 0 Å². The first-order chi connectivity index (χ1) is 12.1. The number of benzene rings is 2. The summed E-state index contributed by atoms with van der Waals surface area (Å²) in [5, 5.41) is 2.89. The highest BCUT2D eigenvalue weighted by molar-refractivity contribution is 5.93. The van der Waals surface area contributed by atoms with E-state index in [1.807, 2.05) is 19.1 Å². The summed E-state index contributed by atoms with van der Waals surface area (Å²) in [6.07, 6.45) is 0.237. The number of aryl methyl sites for hydroxylation is 1. The summed E-state index contributed by atoms with van der Waals surface area (Å²) in [4.78, 5) is 12.4. The van der Waals surface area contributed by atoms with Gasteiger partial charge >= 0.3 is 0 Å². The van der Waals surface area contributed by atoms with Gasteiger partial charge in [0.05, 0.1) is 20.6 Å². The Bertz CT molecular complexity index is 788. The number of carbonyl (C=O) groups is 1. The normalized spacial score (nSPS) is 12.4. The molecule has 0 radical (unpaired) electrons. The minimum atomic E-state index is -0.119. The number of amides is 1. The van der Waals surface area contributed by atoms with Crippen LogP contribution in [0.4, 0.5) is 5.69 Å². The van der Waals surface area contributed by atoms with Crippen LogP contribution in [-0.4, -0.2) is 33.3 Å². The predicted molar refractivity (Wildman–Crippen MR) is 94.0 cm³/mol. The van der Waals surface area contributed by atoms with E-state index in [4.69, 9.17) is 18.9 Å². The van der Waals surface area contributed by atoms with Crippen LogP contribution in [0.2, 0.25) is 0 Å². The van der Waals surface area contributed by atoms with E-state index in [1.54, 1.807) is 32.4 Å². The van der Waals surface area contributed by atoms with E-state index < -0.39 is 0 Å². The van der Waals surface area contributed by atoms with Crippen molar-refractivity contribution in [3.63, 3.8) is 0 Å². The van der Waals surface area contributed by atoms with E-state index in [-0.39, 0.29) is 12.3 Å². The van der Waals surface area contributed by atoms with Gasteiger partial charge in [-0.25, -0.2) is 0 Å². The molecule has 0 spiro atoms. The van der Waals surface area contributed by atoms with E-state index in [1.165, 1.54) is 0 Å². The molecule has 132 valence electrons. The molecular formula is C19H21NO5. The van der Waals surface area contributed by atoms with Crippen molar-refractivity contribution in [1.29, 1.82) is 0 Å². The summed E-state index contributed by atoms with van der Waals surface area (Å²) in [5.74, 6) is 2.48. The molecule has 6 nitrogen and oxygen atoms in total. The lowest BCUT2D eigenvalue weighted by molar-refractivity contribution is -0.115. The van der Waals surface area contributed by atoms with Gasteiger partial charge in [-0.05, 0) is 42.3 Å². The van der Waals surface area contributed by atoms with Crippen LogP contribution in [0, 0.1) is 6.92 Å². The Kier molecular flexibility index (Phi) is 4.97. The molecule has 1 aliphatic rings. The first-order valence-corrected chi connectivity index (χ1v) is 8.01. The number of rotatable bonds is 5. The van der Waals surface area contributed by atoms with Crippen molar-refractivity contribution in [2.45, 2.75) is 13.3 Å². The zero-order chi connectivity index (χ0) is 17.8. The van der Waals surface area contributed by atoms with Crippen molar-refractivity contribution < 1.29 is 23.7 Å². The molecule has 1 N–H and O–H groups in total. The number of hydrogen-bond donors (Lipinski definition) is 1. The zero-order valence-corrected chi connectivity index (χ0v) is 14.5. The lowest BCUT2D eigenvalue weighted by Gasteiger charge is -2.19. The molecule has 0 atom stereocenters. The van der Waals surface area contributed by atoms with Gasteiger partial charge in [-0.2, -0.15) is 0 Å². The minimum Gasteiger partial charge on any atom is -0.493 e. The van der Waals surface area contributed by atoms with Gasteiger partial charge in [-0.1, -0.05) is 0 Å². The van der Waals surface area contributed by atoms with Gasteiger partial charge in [0.25, 0.3) is 0 Å². The topological polar surface area (TPSA) is 66.0 Å².